The number of primary amides is 1. The number of nitrogens with zero attached hydrogens (tertiary/aromatic N) is 3. The van der Waals surface area contributed by atoms with E-state index in [9.17, 15) is 14.0 Å². The van der Waals surface area contributed by atoms with Gasteiger partial charge < -0.3 is 15.6 Å². The number of benzene rings is 1. The number of hydrogen-bond donors (Lipinski definition) is 2. The van der Waals surface area contributed by atoms with E-state index in [2.05, 4.69) is 15.5 Å². The van der Waals surface area contributed by atoms with Crippen LogP contribution in [0.4, 0.5) is 10.1 Å². The molecule has 10 heteroatoms. The number of aryl methyl sites for hydroxylation is 1. The molecule has 7 nitrogen and oxygen atoms in total. The second-order valence-corrected chi connectivity index (χ2v) is 7.04. The van der Waals surface area contributed by atoms with Gasteiger partial charge in [-0.05, 0) is 25.1 Å². The van der Waals surface area contributed by atoms with Crippen molar-refractivity contribution in [2.24, 2.45) is 12.8 Å². The van der Waals surface area contributed by atoms with E-state index in [0.717, 1.165) is 6.07 Å². The first kappa shape index (κ1) is 19.2. The van der Waals surface area contributed by atoms with Gasteiger partial charge in [-0.25, -0.2) is 4.39 Å². The molecule has 1 atom stereocenters. The number of aromatic nitrogens is 3. The highest BCUT2D eigenvalue weighted by atomic mass is 35.5. The summed E-state index contributed by atoms with van der Waals surface area (Å²) in [6.07, 6.45) is 0.540. The number of carbonyl (C=O) groups is 2. The largest absolute Gasteiger partial charge is 0.370 e. The van der Waals surface area contributed by atoms with Crippen molar-refractivity contribution >= 4 is 40.9 Å². The lowest BCUT2D eigenvalue weighted by molar-refractivity contribution is -0.118. The number of anilines is 1. The molecular weight excluding hydrogens is 369 g/mol. The number of nitrogens with two attached hydrogens (primary N) is 1. The zero-order chi connectivity index (χ0) is 18.6. The summed E-state index contributed by atoms with van der Waals surface area (Å²) in [6, 6.07) is 4.02. The van der Waals surface area contributed by atoms with Gasteiger partial charge in [-0.3, -0.25) is 9.59 Å². The number of nitrogens with one attached hydrogen (secondary N) is 1. The Bertz CT molecular complexity index is 798. The topological polar surface area (TPSA) is 103 Å². The van der Waals surface area contributed by atoms with Crippen LogP contribution in [0.1, 0.15) is 19.2 Å². The monoisotopic (exact) mass is 385 g/mol. The molecule has 0 unspecified atom stereocenters. The van der Waals surface area contributed by atoms with Gasteiger partial charge in [0.15, 0.2) is 5.16 Å². The van der Waals surface area contributed by atoms with Crippen LogP contribution in [0.25, 0.3) is 0 Å². The van der Waals surface area contributed by atoms with Crippen molar-refractivity contribution in [2.75, 3.05) is 5.32 Å². The van der Waals surface area contributed by atoms with E-state index < -0.39 is 17.0 Å². The van der Waals surface area contributed by atoms with Crippen molar-refractivity contribution in [1.29, 1.82) is 0 Å². The van der Waals surface area contributed by atoms with Gasteiger partial charge in [-0.2, -0.15) is 0 Å². The zero-order valence-electron chi connectivity index (χ0n) is 13.6. The lowest BCUT2D eigenvalue weighted by atomic mass is 10.3. The van der Waals surface area contributed by atoms with Crippen molar-refractivity contribution in [1.82, 2.24) is 14.8 Å². The second-order valence-electron chi connectivity index (χ2n) is 5.30. The van der Waals surface area contributed by atoms with Gasteiger partial charge in [-0.1, -0.05) is 23.4 Å². The predicted octanol–water partition coefficient (Wildman–Crippen LogP) is 2.14. The van der Waals surface area contributed by atoms with E-state index in [1.807, 2.05) is 0 Å². The Labute approximate surface area is 153 Å². The summed E-state index contributed by atoms with van der Waals surface area (Å²) in [6.45, 7) is 1.67. The van der Waals surface area contributed by atoms with E-state index in [4.69, 9.17) is 17.3 Å². The Morgan fingerprint density at radius 1 is 1.44 bits per heavy atom. The fourth-order valence-corrected chi connectivity index (χ4v) is 2.93. The van der Waals surface area contributed by atoms with E-state index in [-0.39, 0.29) is 23.0 Å². The first-order valence-electron chi connectivity index (χ1n) is 7.37. The molecule has 134 valence electrons. The highest BCUT2D eigenvalue weighted by molar-refractivity contribution is 8.00. The van der Waals surface area contributed by atoms with Crippen LogP contribution < -0.4 is 11.1 Å². The third-order valence-corrected chi connectivity index (χ3v) is 4.73. The highest BCUT2D eigenvalue weighted by Gasteiger charge is 2.20. The van der Waals surface area contributed by atoms with Gasteiger partial charge in [0, 0.05) is 24.9 Å². The minimum atomic E-state index is -0.606. The molecule has 0 aliphatic carbocycles. The van der Waals surface area contributed by atoms with Crippen molar-refractivity contribution in [2.45, 2.75) is 30.2 Å². The van der Waals surface area contributed by atoms with Crippen LogP contribution in [-0.4, -0.2) is 31.8 Å². The minimum absolute atomic E-state index is 0.0574. The molecule has 0 saturated heterocycles. The number of thioether (sulfide) groups is 1. The smallest absolute Gasteiger partial charge is 0.237 e. The highest BCUT2D eigenvalue weighted by Crippen LogP contribution is 2.24. The molecule has 1 aromatic carbocycles. The van der Waals surface area contributed by atoms with E-state index >= 15 is 0 Å². The molecule has 0 saturated carbocycles. The van der Waals surface area contributed by atoms with Crippen LogP contribution >= 0.6 is 23.4 Å². The molecule has 0 radical (unpaired) electrons. The van der Waals surface area contributed by atoms with Crippen molar-refractivity contribution in [3.8, 4) is 0 Å². The molecule has 3 N–H and O–H groups in total. The summed E-state index contributed by atoms with van der Waals surface area (Å²) in [7, 11) is 1.74. The summed E-state index contributed by atoms with van der Waals surface area (Å²) in [5.74, 6) is -0.814. The maximum atomic E-state index is 13.7. The van der Waals surface area contributed by atoms with Gasteiger partial charge in [0.05, 0.1) is 10.9 Å². The molecule has 0 aliphatic heterocycles. The molecular formula is C15H17ClFN5O2S. The van der Waals surface area contributed by atoms with Crippen LogP contribution in [0, 0.1) is 5.82 Å². The Morgan fingerprint density at radius 2 is 2.16 bits per heavy atom. The standard InChI is InChI=1S/C15H17ClFN5O2S/c1-8(14(24)19-11-4-3-9(16)7-10(11)17)25-15-21-20-13(22(15)2)6-5-12(18)23/h3-4,7-8H,5-6H2,1-2H3,(H2,18,23)(H,19,24)/t8-/m0/s1. The zero-order valence-corrected chi connectivity index (χ0v) is 15.2. The van der Waals surface area contributed by atoms with Crippen molar-refractivity contribution in [3.63, 3.8) is 0 Å². The van der Waals surface area contributed by atoms with E-state index in [0.29, 0.717) is 17.4 Å². The molecule has 1 aromatic heterocycles. The van der Waals surface area contributed by atoms with Crippen LogP contribution in [0.2, 0.25) is 5.02 Å². The molecule has 1 heterocycles. The van der Waals surface area contributed by atoms with Gasteiger partial charge in [-0.15, -0.1) is 10.2 Å². The Kier molecular flexibility index (Phi) is 6.38. The van der Waals surface area contributed by atoms with Crippen molar-refractivity contribution < 1.29 is 14.0 Å². The molecule has 2 aromatic rings. The molecule has 25 heavy (non-hydrogen) atoms. The van der Waals surface area contributed by atoms with E-state index in [1.165, 1.54) is 23.9 Å². The number of amides is 2. The third-order valence-electron chi connectivity index (χ3n) is 3.36. The van der Waals surface area contributed by atoms with Crippen molar-refractivity contribution in [3.05, 3.63) is 34.9 Å². The lowest BCUT2D eigenvalue weighted by Gasteiger charge is -2.12. The first-order valence-corrected chi connectivity index (χ1v) is 8.63. The number of rotatable bonds is 7. The molecule has 0 spiro atoms. The number of hydrogen-bond acceptors (Lipinski definition) is 5. The summed E-state index contributed by atoms with van der Waals surface area (Å²) in [4.78, 5) is 23.1. The maximum Gasteiger partial charge on any atom is 0.237 e. The Morgan fingerprint density at radius 3 is 2.80 bits per heavy atom. The fourth-order valence-electron chi connectivity index (χ4n) is 1.94. The first-order chi connectivity index (χ1) is 11.8. The molecule has 2 amide bonds. The summed E-state index contributed by atoms with van der Waals surface area (Å²) < 4.78 is 15.4. The lowest BCUT2D eigenvalue weighted by Crippen LogP contribution is -2.23. The van der Waals surface area contributed by atoms with Gasteiger partial charge in [0.1, 0.15) is 11.6 Å². The van der Waals surface area contributed by atoms with Crippen LogP contribution in [0.5, 0.6) is 0 Å². The third kappa shape index (κ3) is 5.17. The van der Waals surface area contributed by atoms with Crippen LogP contribution in [-0.2, 0) is 23.1 Å². The average molecular weight is 386 g/mol. The van der Waals surface area contributed by atoms with Gasteiger partial charge >= 0.3 is 0 Å². The average Bonchev–Trinajstić information content (AvgIpc) is 2.88. The predicted molar refractivity (Wildman–Crippen MR) is 93.9 cm³/mol. The van der Waals surface area contributed by atoms with Crippen LogP contribution in [0.15, 0.2) is 23.4 Å². The molecule has 0 fully saturated rings. The minimum Gasteiger partial charge on any atom is -0.370 e. The number of carbonyl (C=O) groups excluding carboxylic acids is 2. The van der Waals surface area contributed by atoms with Gasteiger partial charge in [0.2, 0.25) is 11.8 Å². The normalized spacial score (nSPS) is 12.0. The molecule has 0 bridgehead atoms. The van der Waals surface area contributed by atoms with Crippen LogP contribution in [0.3, 0.4) is 0 Å². The second kappa shape index (κ2) is 8.30. The Hall–Kier alpha value is -2.13. The number of halogens is 2. The fraction of sp³-hybridized carbons (Fsp3) is 0.333. The summed E-state index contributed by atoms with van der Waals surface area (Å²) >= 11 is 6.86. The summed E-state index contributed by atoms with van der Waals surface area (Å²) in [5, 5.41) is 10.7. The Balaban J connectivity index is 2.00. The maximum absolute atomic E-state index is 13.7. The summed E-state index contributed by atoms with van der Waals surface area (Å²) in [5.41, 5.74) is 5.18. The molecule has 2 rings (SSSR count). The quantitative estimate of drug-likeness (QED) is 0.711. The SMILES string of the molecule is C[C@H](Sc1nnc(CCC(N)=O)n1C)C(=O)Nc1ccc(Cl)cc1F. The van der Waals surface area contributed by atoms with E-state index in [1.54, 1.807) is 18.5 Å². The van der Waals surface area contributed by atoms with Gasteiger partial charge in [0.25, 0.3) is 0 Å². The molecule has 0 aliphatic rings.